The number of hydrogen-bond acceptors (Lipinski definition) is 2. The molecule has 1 rings (SSSR count). The van der Waals surface area contributed by atoms with Crippen molar-refractivity contribution >= 4 is 12.4 Å². The zero-order valence-electron chi connectivity index (χ0n) is 10.4. The lowest BCUT2D eigenvalue weighted by Gasteiger charge is -2.31. The molecule has 0 aliphatic carbocycles. The maximum absolute atomic E-state index is 13.5. The van der Waals surface area contributed by atoms with E-state index in [-0.39, 0.29) is 18.0 Å². The number of aliphatic hydroxyl groups excluding tert-OH is 1. The van der Waals surface area contributed by atoms with Crippen LogP contribution in [0.3, 0.4) is 0 Å². The molecule has 0 saturated carbocycles. The van der Waals surface area contributed by atoms with E-state index in [1.807, 2.05) is 0 Å². The van der Waals surface area contributed by atoms with E-state index in [0.717, 1.165) is 12.1 Å². The second-order valence-corrected chi connectivity index (χ2v) is 5.10. The molecule has 1 aromatic rings. The third kappa shape index (κ3) is 3.37. The van der Waals surface area contributed by atoms with E-state index in [9.17, 15) is 18.3 Å². The molecule has 0 saturated heterocycles. The topological polar surface area (TPSA) is 46.2 Å². The lowest BCUT2D eigenvalue weighted by Crippen LogP contribution is -2.37. The largest absolute Gasteiger partial charge is 0.391 e. The third-order valence-electron chi connectivity index (χ3n) is 2.65. The molecule has 1 aromatic carbocycles. The van der Waals surface area contributed by atoms with Gasteiger partial charge in [-0.3, -0.25) is 0 Å². The number of rotatable bonds is 2. The summed E-state index contributed by atoms with van der Waals surface area (Å²) in [5, 5.41) is 9.88. The summed E-state index contributed by atoms with van der Waals surface area (Å²) in [6.45, 7) is 5.15. The third-order valence-corrected chi connectivity index (χ3v) is 2.65. The van der Waals surface area contributed by atoms with Crippen molar-refractivity contribution in [1.82, 2.24) is 0 Å². The van der Waals surface area contributed by atoms with Crippen molar-refractivity contribution in [2.45, 2.75) is 32.9 Å². The molecule has 0 fully saturated rings. The molecule has 2 atom stereocenters. The van der Waals surface area contributed by atoms with Crippen LogP contribution in [0.5, 0.6) is 0 Å². The number of halogens is 4. The summed E-state index contributed by atoms with van der Waals surface area (Å²) in [7, 11) is 0. The lowest BCUT2D eigenvalue weighted by atomic mass is 9.82. The molecular formula is C12H17ClF3NO. The van der Waals surface area contributed by atoms with Crippen molar-refractivity contribution in [1.29, 1.82) is 0 Å². The molecule has 2 nitrogen and oxygen atoms in total. The molecule has 0 heterocycles. The normalized spacial score (nSPS) is 14.9. The minimum atomic E-state index is -1.57. The lowest BCUT2D eigenvalue weighted by molar-refractivity contribution is 0.0389. The van der Waals surface area contributed by atoms with Crippen LogP contribution in [-0.2, 0) is 0 Å². The first-order valence-corrected chi connectivity index (χ1v) is 5.23. The smallest absolute Gasteiger partial charge is 0.194 e. The summed E-state index contributed by atoms with van der Waals surface area (Å²) in [5.74, 6) is -4.19. The van der Waals surface area contributed by atoms with Crippen LogP contribution in [0.4, 0.5) is 13.2 Å². The van der Waals surface area contributed by atoms with Gasteiger partial charge < -0.3 is 10.8 Å². The van der Waals surface area contributed by atoms with Crippen LogP contribution < -0.4 is 5.73 Å². The highest BCUT2D eigenvalue weighted by molar-refractivity contribution is 5.85. The van der Waals surface area contributed by atoms with Gasteiger partial charge in [0.05, 0.1) is 12.1 Å². The Hall–Kier alpha value is -0.780. The Kier molecular flexibility index (Phi) is 5.65. The van der Waals surface area contributed by atoms with Crippen LogP contribution in [0.1, 0.15) is 32.4 Å². The highest BCUT2D eigenvalue weighted by Crippen LogP contribution is 2.30. The van der Waals surface area contributed by atoms with Gasteiger partial charge in [0.1, 0.15) is 0 Å². The Labute approximate surface area is 110 Å². The van der Waals surface area contributed by atoms with Crippen LogP contribution >= 0.6 is 12.4 Å². The van der Waals surface area contributed by atoms with E-state index >= 15 is 0 Å². The van der Waals surface area contributed by atoms with Crippen molar-refractivity contribution in [3.63, 3.8) is 0 Å². The monoisotopic (exact) mass is 283 g/mol. The van der Waals surface area contributed by atoms with Crippen LogP contribution in [0.15, 0.2) is 12.1 Å². The molecule has 18 heavy (non-hydrogen) atoms. The SMILES string of the molecule is CC(C)(C)[C@@H](O)[C@@H](N)c1ccc(F)c(F)c1F.Cl. The highest BCUT2D eigenvalue weighted by Gasteiger charge is 2.31. The summed E-state index contributed by atoms with van der Waals surface area (Å²) < 4.78 is 39.2. The second-order valence-electron chi connectivity index (χ2n) is 5.10. The number of aliphatic hydroxyl groups is 1. The fourth-order valence-corrected chi connectivity index (χ4v) is 1.51. The van der Waals surface area contributed by atoms with Gasteiger partial charge in [0.25, 0.3) is 0 Å². The van der Waals surface area contributed by atoms with E-state index < -0.39 is 35.0 Å². The summed E-state index contributed by atoms with van der Waals surface area (Å²) in [5.41, 5.74) is 4.85. The van der Waals surface area contributed by atoms with Crippen molar-refractivity contribution < 1.29 is 18.3 Å². The Bertz CT molecular complexity index is 421. The van der Waals surface area contributed by atoms with Crippen molar-refractivity contribution in [2.75, 3.05) is 0 Å². The van der Waals surface area contributed by atoms with E-state index in [1.165, 1.54) is 0 Å². The van der Waals surface area contributed by atoms with E-state index in [0.29, 0.717) is 0 Å². The molecule has 0 aliphatic heterocycles. The van der Waals surface area contributed by atoms with Gasteiger partial charge in [0, 0.05) is 5.56 Å². The molecule has 3 N–H and O–H groups in total. The van der Waals surface area contributed by atoms with Gasteiger partial charge >= 0.3 is 0 Å². The van der Waals surface area contributed by atoms with Crippen molar-refractivity contribution in [3.05, 3.63) is 35.1 Å². The van der Waals surface area contributed by atoms with Gasteiger partial charge in [-0.1, -0.05) is 26.8 Å². The molecule has 0 bridgehead atoms. The highest BCUT2D eigenvalue weighted by atomic mass is 35.5. The summed E-state index contributed by atoms with van der Waals surface area (Å²) in [4.78, 5) is 0. The Morgan fingerprint density at radius 2 is 1.61 bits per heavy atom. The van der Waals surface area contributed by atoms with Crippen molar-refractivity contribution in [3.8, 4) is 0 Å². The van der Waals surface area contributed by atoms with Crippen molar-refractivity contribution in [2.24, 2.45) is 11.1 Å². The number of benzene rings is 1. The first kappa shape index (κ1) is 17.2. The molecular weight excluding hydrogens is 267 g/mol. The average Bonchev–Trinajstić information content (AvgIpc) is 2.23. The zero-order chi connectivity index (χ0) is 13.4. The van der Waals surface area contributed by atoms with Crippen LogP contribution in [-0.4, -0.2) is 11.2 Å². The Morgan fingerprint density at radius 3 is 2.06 bits per heavy atom. The first-order valence-electron chi connectivity index (χ1n) is 5.23. The van der Waals surface area contributed by atoms with Gasteiger partial charge in [-0.15, -0.1) is 12.4 Å². The van der Waals surface area contributed by atoms with E-state index in [1.54, 1.807) is 20.8 Å². The fraction of sp³-hybridized carbons (Fsp3) is 0.500. The molecule has 6 heteroatoms. The van der Waals surface area contributed by atoms with Gasteiger partial charge in [-0.05, 0) is 11.5 Å². The Morgan fingerprint density at radius 1 is 1.11 bits per heavy atom. The van der Waals surface area contributed by atoms with Gasteiger partial charge in [0.15, 0.2) is 17.5 Å². The minimum Gasteiger partial charge on any atom is -0.391 e. The van der Waals surface area contributed by atoms with Crippen LogP contribution in [0.2, 0.25) is 0 Å². The van der Waals surface area contributed by atoms with Gasteiger partial charge in [-0.2, -0.15) is 0 Å². The summed E-state index contributed by atoms with van der Waals surface area (Å²) >= 11 is 0. The van der Waals surface area contributed by atoms with E-state index in [2.05, 4.69) is 0 Å². The molecule has 104 valence electrons. The van der Waals surface area contributed by atoms with Gasteiger partial charge in [0.2, 0.25) is 0 Å². The summed E-state index contributed by atoms with van der Waals surface area (Å²) in [6.07, 6.45) is -1.07. The van der Waals surface area contributed by atoms with Crippen LogP contribution in [0, 0.1) is 22.9 Å². The van der Waals surface area contributed by atoms with Gasteiger partial charge in [-0.25, -0.2) is 13.2 Å². The molecule has 0 radical (unpaired) electrons. The number of hydrogen-bond donors (Lipinski definition) is 2. The number of nitrogens with two attached hydrogens (primary N) is 1. The summed E-state index contributed by atoms with van der Waals surface area (Å²) in [6, 6.07) is 0.737. The molecule has 0 amide bonds. The minimum absolute atomic E-state index is 0. The quantitative estimate of drug-likeness (QED) is 0.820. The maximum Gasteiger partial charge on any atom is 0.194 e. The fourth-order valence-electron chi connectivity index (χ4n) is 1.51. The molecule has 0 aliphatic rings. The first-order chi connectivity index (χ1) is 7.66. The Balaban J connectivity index is 0.00000289. The predicted molar refractivity (Wildman–Crippen MR) is 66.0 cm³/mol. The average molecular weight is 284 g/mol. The molecule has 0 spiro atoms. The predicted octanol–water partition coefficient (Wildman–Crippen LogP) is 2.93. The van der Waals surface area contributed by atoms with Crippen LogP contribution in [0.25, 0.3) is 0 Å². The van der Waals surface area contributed by atoms with E-state index in [4.69, 9.17) is 5.73 Å². The molecule has 0 aromatic heterocycles. The standard InChI is InChI=1S/C12H16F3NO.ClH/c1-12(2,3)11(17)10(16)6-4-5-7(13)9(15)8(6)14;/h4-5,10-11,17H,16H2,1-3H3;1H/t10-,11-;/m0./s1. The second kappa shape index (κ2) is 5.91. The zero-order valence-corrected chi connectivity index (χ0v) is 11.2. The maximum atomic E-state index is 13.5. The molecule has 0 unspecified atom stereocenters.